The van der Waals surface area contributed by atoms with Crippen molar-refractivity contribution in [3.05, 3.63) is 70.1 Å². The maximum absolute atomic E-state index is 14.3. The molecule has 0 radical (unpaired) electrons. The quantitative estimate of drug-likeness (QED) is 0.230. The number of carbonyl (C=O) groups excluding carboxylic acids is 3. The minimum atomic E-state index is -5.79. The van der Waals surface area contributed by atoms with Crippen LogP contribution in [-0.4, -0.2) is 75.6 Å². The van der Waals surface area contributed by atoms with Gasteiger partial charge in [-0.15, -0.1) is 11.3 Å². The largest absolute Gasteiger partial charge is 0.399 e. The van der Waals surface area contributed by atoms with Crippen molar-refractivity contribution in [1.29, 1.82) is 0 Å². The molecule has 3 atom stereocenters. The summed E-state index contributed by atoms with van der Waals surface area (Å²) < 4.78 is 73.7. The van der Waals surface area contributed by atoms with Crippen LogP contribution < -0.4 is 5.32 Å². The van der Waals surface area contributed by atoms with E-state index in [0.717, 1.165) is 41.7 Å². The average Bonchev–Trinajstić information content (AvgIpc) is 3.65. The molecule has 254 valence electrons. The van der Waals surface area contributed by atoms with Gasteiger partial charge in [-0.2, -0.15) is 8.78 Å². The normalized spacial score (nSPS) is 20.0. The van der Waals surface area contributed by atoms with Gasteiger partial charge in [-0.25, -0.2) is 8.78 Å². The number of hydrogen-bond donors (Lipinski definition) is 3. The second-order valence-corrected chi connectivity index (χ2v) is 15.5. The Labute approximate surface area is 271 Å². The van der Waals surface area contributed by atoms with E-state index in [1.807, 2.05) is 0 Å². The molecule has 2 unspecified atom stereocenters. The van der Waals surface area contributed by atoms with Gasteiger partial charge in [-0.05, 0) is 59.5 Å². The minimum absolute atomic E-state index is 0.0352. The van der Waals surface area contributed by atoms with Crippen molar-refractivity contribution in [3.63, 3.8) is 0 Å². The summed E-state index contributed by atoms with van der Waals surface area (Å²) in [6.45, 7) is 5.88. The molecule has 10 nitrogen and oxygen atoms in total. The second kappa shape index (κ2) is 12.9. The van der Waals surface area contributed by atoms with Crippen molar-refractivity contribution in [3.8, 4) is 0 Å². The Balaban J connectivity index is 1.32. The Morgan fingerprint density at radius 2 is 1.72 bits per heavy atom. The first-order valence-electron chi connectivity index (χ1n) is 14.8. The standard InChI is InChI=1S/C31H34F4N3O7PS/c1-30(2,3)26(36-27(39)25-14-18-11-19(6-7-24(18)47-25)31(34,35)46(42,43)44)29(41)38-8-4-5-22(38)28(40)37-9-10-45-23(16-37)17-12-20(32)15-21(33)13-17/h6-7,11-15,22-23,26H,4-5,8-10,16H2,1-3H3,(H,36,39)(H2,42,43,44)/t22-,23?,26?/m0/s1. The van der Waals surface area contributed by atoms with Crippen LogP contribution in [0.4, 0.5) is 17.6 Å². The smallest absolute Gasteiger partial charge is 0.370 e. The lowest BCUT2D eigenvalue weighted by Gasteiger charge is -2.38. The van der Waals surface area contributed by atoms with E-state index in [0.29, 0.717) is 17.5 Å². The molecule has 3 aromatic rings. The lowest BCUT2D eigenvalue weighted by Crippen LogP contribution is -2.58. The summed E-state index contributed by atoms with van der Waals surface area (Å²) in [7, 11) is -5.79. The van der Waals surface area contributed by atoms with Gasteiger partial charge in [0.15, 0.2) is 0 Å². The molecule has 16 heteroatoms. The van der Waals surface area contributed by atoms with Crippen molar-refractivity contribution in [1.82, 2.24) is 15.1 Å². The number of rotatable bonds is 7. The molecule has 3 heterocycles. The molecule has 2 aromatic carbocycles. The van der Waals surface area contributed by atoms with Gasteiger partial charge < -0.3 is 29.6 Å². The first-order valence-corrected chi connectivity index (χ1v) is 17.2. The molecule has 0 bridgehead atoms. The fourth-order valence-corrected chi connectivity index (χ4v) is 7.26. The minimum Gasteiger partial charge on any atom is -0.370 e. The van der Waals surface area contributed by atoms with Gasteiger partial charge in [0, 0.05) is 29.4 Å². The topological polar surface area (TPSA) is 136 Å². The highest BCUT2D eigenvalue weighted by Crippen LogP contribution is 2.59. The van der Waals surface area contributed by atoms with E-state index in [9.17, 15) is 36.5 Å². The number of alkyl halides is 2. The van der Waals surface area contributed by atoms with Crippen molar-refractivity contribution in [2.75, 3.05) is 26.2 Å². The Hall–Kier alpha value is -3.36. The van der Waals surface area contributed by atoms with Crippen LogP contribution >= 0.6 is 18.9 Å². The monoisotopic (exact) mass is 699 g/mol. The molecule has 0 saturated carbocycles. The summed E-state index contributed by atoms with van der Waals surface area (Å²) in [5, 5.41) is 2.92. The summed E-state index contributed by atoms with van der Waals surface area (Å²) in [6.07, 6.45) is 0.155. The fraction of sp³-hybridized carbons (Fsp3) is 0.452. The van der Waals surface area contributed by atoms with Crippen LogP contribution in [0.5, 0.6) is 0 Å². The zero-order valence-corrected chi connectivity index (χ0v) is 27.4. The number of likely N-dealkylation sites (tertiary alicyclic amines) is 1. The van der Waals surface area contributed by atoms with E-state index >= 15 is 0 Å². The number of carbonyl (C=O) groups is 3. The number of benzene rings is 2. The fourth-order valence-electron chi connectivity index (χ4n) is 5.84. The molecular formula is C31H34F4N3O7PS. The van der Waals surface area contributed by atoms with Gasteiger partial charge in [-0.1, -0.05) is 26.8 Å². The second-order valence-electron chi connectivity index (χ2n) is 12.8. The Bertz CT molecular complexity index is 1740. The van der Waals surface area contributed by atoms with E-state index in [1.54, 1.807) is 20.8 Å². The van der Waals surface area contributed by atoms with Crippen LogP contribution in [0.2, 0.25) is 0 Å². The van der Waals surface area contributed by atoms with E-state index in [1.165, 1.54) is 21.9 Å². The molecule has 47 heavy (non-hydrogen) atoms. The maximum Gasteiger partial charge on any atom is 0.399 e. The third-order valence-electron chi connectivity index (χ3n) is 8.30. The highest BCUT2D eigenvalue weighted by Gasteiger charge is 2.50. The summed E-state index contributed by atoms with van der Waals surface area (Å²) in [4.78, 5) is 62.4. The number of amides is 3. The van der Waals surface area contributed by atoms with E-state index in [-0.39, 0.29) is 48.0 Å². The highest BCUT2D eigenvalue weighted by atomic mass is 32.1. The zero-order chi connectivity index (χ0) is 34.5. The van der Waals surface area contributed by atoms with Gasteiger partial charge in [0.1, 0.15) is 29.8 Å². The van der Waals surface area contributed by atoms with E-state index < -0.39 is 65.9 Å². The van der Waals surface area contributed by atoms with Gasteiger partial charge in [0.25, 0.3) is 5.91 Å². The van der Waals surface area contributed by atoms with Gasteiger partial charge >= 0.3 is 13.3 Å². The molecule has 2 aliphatic heterocycles. The summed E-state index contributed by atoms with van der Waals surface area (Å²) >= 11 is 0.958. The predicted molar refractivity (Wildman–Crippen MR) is 165 cm³/mol. The van der Waals surface area contributed by atoms with Crippen LogP contribution in [0.15, 0.2) is 42.5 Å². The molecule has 5 rings (SSSR count). The highest BCUT2D eigenvalue weighted by molar-refractivity contribution is 7.52. The van der Waals surface area contributed by atoms with Crippen molar-refractivity contribution >= 4 is 46.7 Å². The molecular weight excluding hydrogens is 665 g/mol. The Morgan fingerprint density at radius 3 is 2.36 bits per heavy atom. The molecule has 2 saturated heterocycles. The molecule has 0 spiro atoms. The number of nitrogens with zero attached hydrogens (tertiary/aromatic N) is 2. The van der Waals surface area contributed by atoms with Crippen molar-refractivity contribution < 1.29 is 51.0 Å². The Morgan fingerprint density at radius 1 is 1.04 bits per heavy atom. The number of hydrogen-bond acceptors (Lipinski definition) is 6. The van der Waals surface area contributed by atoms with Gasteiger partial charge in [0.05, 0.1) is 18.0 Å². The van der Waals surface area contributed by atoms with E-state index in [4.69, 9.17) is 14.5 Å². The van der Waals surface area contributed by atoms with Crippen LogP contribution in [0, 0.1) is 17.0 Å². The molecule has 3 N–H and O–H groups in total. The number of morpholine rings is 1. The molecule has 1 aromatic heterocycles. The number of nitrogens with one attached hydrogen (secondary N) is 1. The first-order chi connectivity index (χ1) is 21.9. The zero-order valence-electron chi connectivity index (χ0n) is 25.7. The summed E-state index contributed by atoms with van der Waals surface area (Å²) in [5.41, 5.74) is -5.88. The Kier molecular flexibility index (Phi) is 9.61. The predicted octanol–water partition coefficient (Wildman–Crippen LogP) is 5.14. The summed E-state index contributed by atoms with van der Waals surface area (Å²) in [6, 6.07) is 5.47. The van der Waals surface area contributed by atoms with Crippen LogP contribution in [0.25, 0.3) is 10.1 Å². The van der Waals surface area contributed by atoms with Gasteiger partial charge in [0.2, 0.25) is 11.8 Å². The lowest BCUT2D eigenvalue weighted by atomic mass is 9.85. The third-order valence-corrected chi connectivity index (χ3v) is 10.4. The van der Waals surface area contributed by atoms with Crippen molar-refractivity contribution in [2.24, 2.45) is 5.41 Å². The third kappa shape index (κ3) is 7.24. The maximum atomic E-state index is 14.3. The number of ether oxygens (including phenoxy) is 1. The van der Waals surface area contributed by atoms with E-state index in [2.05, 4.69) is 5.32 Å². The SMILES string of the molecule is CC(C)(C)C(NC(=O)c1cc2cc(C(F)(F)P(=O)(O)O)ccc2s1)C(=O)N1CCC[C@H]1C(=O)N1CCOC(c2cc(F)cc(F)c2)C1. The molecule has 3 amide bonds. The van der Waals surface area contributed by atoms with Crippen LogP contribution in [0.3, 0.4) is 0 Å². The number of fused-ring (bicyclic) bond motifs is 1. The number of thiophene rings is 1. The van der Waals surface area contributed by atoms with Crippen LogP contribution in [0.1, 0.15) is 60.5 Å². The number of halogens is 4. The molecule has 2 aliphatic rings. The summed E-state index contributed by atoms with van der Waals surface area (Å²) in [5.74, 6) is -3.02. The first kappa shape index (κ1) is 35.0. The molecule has 0 aliphatic carbocycles. The lowest BCUT2D eigenvalue weighted by molar-refractivity contribution is -0.150. The van der Waals surface area contributed by atoms with Crippen LogP contribution in [-0.2, 0) is 24.6 Å². The molecule has 2 fully saturated rings. The average molecular weight is 700 g/mol. The van der Waals surface area contributed by atoms with Crippen molar-refractivity contribution in [2.45, 2.75) is 57.5 Å². The van der Waals surface area contributed by atoms with Gasteiger partial charge in [-0.3, -0.25) is 18.9 Å².